The fourth-order valence-corrected chi connectivity index (χ4v) is 4.97. The van der Waals surface area contributed by atoms with Crippen LogP contribution in [0, 0.1) is 0 Å². The Hall–Kier alpha value is -2.44. The Labute approximate surface area is 163 Å². The Kier molecular flexibility index (Phi) is 5.09. The van der Waals surface area contributed by atoms with Gasteiger partial charge in [-0.3, -0.25) is 4.79 Å². The van der Waals surface area contributed by atoms with Gasteiger partial charge in [-0.05, 0) is 37.4 Å². The van der Waals surface area contributed by atoms with E-state index >= 15 is 0 Å². The summed E-state index contributed by atoms with van der Waals surface area (Å²) in [4.78, 5) is 17.6. The minimum atomic E-state index is -0.439. The molecule has 0 radical (unpaired) electrons. The molecule has 3 heterocycles. The highest BCUT2D eigenvalue weighted by Crippen LogP contribution is 2.38. The van der Waals surface area contributed by atoms with E-state index in [9.17, 15) is 4.79 Å². The van der Waals surface area contributed by atoms with Crippen LogP contribution in [-0.2, 0) is 0 Å². The van der Waals surface area contributed by atoms with Crippen molar-refractivity contribution in [3.05, 3.63) is 48.2 Å². The Morgan fingerprint density at radius 1 is 1.37 bits per heavy atom. The lowest BCUT2D eigenvalue weighted by Crippen LogP contribution is -2.48. The smallest absolute Gasteiger partial charge is 0.251 e. The molecule has 1 saturated heterocycles. The molecule has 0 spiro atoms. The first-order valence-electron chi connectivity index (χ1n) is 9.45. The van der Waals surface area contributed by atoms with Crippen molar-refractivity contribution in [1.29, 1.82) is 0 Å². The number of nitrogens with one attached hydrogen (secondary N) is 2. The normalized spacial score (nSPS) is 19.9. The molecule has 4 rings (SSSR count). The number of pyridine rings is 1. The van der Waals surface area contributed by atoms with Gasteiger partial charge in [-0.25, -0.2) is 4.98 Å². The van der Waals surface area contributed by atoms with Crippen LogP contribution in [0.5, 0.6) is 0 Å². The van der Waals surface area contributed by atoms with E-state index in [-0.39, 0.29) is 0 Å². The highest BCUT2D eigenvalue weighted by atomic mass is 32.1. The van der Waals surface area contributed by atoms with Gasteiger partial charge in [0.05, 0.1) is 10.3 Å². The van der Waals surface area contributed by atoms with E-state index in [1.165, 1.54) is 0 Å². The standard InChI is InChI=1S/C21H24N4OS/c1-2-16-17(9-6-10-23-16)25-21-14-11-18(13-7-4-3-5-8-13)27-19(14)15(12-24-21)20(22)26/h3-5,7-8,11-12,16-17,23H,2,6,9-10H2,1H3,(H2,22,26)(H,24,25). The van der Waals surface area contributed by atoms with Gasteiger partial charge in [0.15, 0.2) is 0 Å². The predicted molar refractivity (Wildman–Crippen MR) is 112 cm³/mol. The lowest BCUT2D eigenvalue weighted by molar-refractivity contribution is 0.100. The number of carbonyl (C=O) groups is 1. The maximum absolute atomic E-state index is 11.9. The second-order valence-electron chi connectivity index (χ2n) is 6.97. The quantitative estimate of drug-likeness (QED) is 0.625. The summed E-state index contributed by atoms with van der Waals surface area (Å²) >= 11 is 1.59. The molecule has 1 aliphatic rings. The number of aromatic nitrogens is 1. The Morgan fingerprint density at radius 3 is 2.93 bits per heavy atom. The molecule has 27 heavy (non-hydrogen) atoms. The fourth-order valence-electron chi connectivity index (χ4n) is 3.79. The highest BCUT2D eigenvalue weighted by molar-refractivity contribution is 7.22. The largest absolute Gasteiger partial charge is 0.366 e. The highest BCUT2D eigenvalue weighted by Gasteiger charge is 2.25. The first-order chi connectivity index (χ1) is 13.2. The van der Waals surface area contributed by atoms with Crippen molar-refractivity contribution >= 4 is 33.1 Å². The van der Waals surface area contributed by atoms with Crippen LogP contribution in [0.4, 0.5) is 5.82 Å². The van der Waals surface area contributed by atoms with Crippen molar-refractivity contribution in [1.82, 2.24) is 10.3 Å². The molecule has 1 aromatic carbocycles. The molecule has 3 aromatic rings. The number of hydrogen-bond donors (Lipinski definition) is 3. The molecule has 2 aromatic heterocycles. The molecule has 0 saturated carbocycles. The number of carbonyl (C=O) groups excluding carboxylic acids is 1. The molecule has 140 valence electrons. The summed E-state index contributed by atoms with van der Waals surface area (Å²) in [6, 6.07) is 13.1. The molecule has 1 fully saturated rings. The number of benzene rings is 1. The maximum atomic E-state index is 11.9. The zero-order valence-corrected chi connectivity index (χ0v) is 16.2. The summed E-state index contributed by atoms with van der Waals surface area (Å²) in [6.45, 7) is 3.27. The first kappa shape index (κ1) is 17.9. The molecule has 4 N–H and O–H groups in total. The monoisotopic (exact) mass is 380 g/mol. The molecule has 6 heteroatoms. The average Bonchev–Trinajstić information content (AvgIpc) is 3.15. The number of thiophene rings is 1. The van der Waals surface area contributed by atoms with Gasteiger partial charge in [0.2, 0.25) is 0 Å². The summed E-state index contributed by atoms with van der Waals surface area (Å²) in [6.07, 6.45) is 4.94. The van der Waals surface area contributed by atoms with Gasteiger partial charge >= 0.3 is 0 Å². The van der Waals surface area contributed by atoms with Crippen molar-refractivity contribution in [3.63, 3.8) is 0 Å². The Morgan fingerprint density at radius 2 is 2.19 bits per heavy atom. The maximum Gasteiger partial charge on any atom is 0.251 e. The topological polar surface area (TPSA) is 80.0 Å². The molecule has 1 amide bonds. The third-order valence-corrected chi connectivity index (χ3v) is 6.44. The molecule has 5 nitrogen and oxygen atoms in total. The van der Waals surface area contributed by atoms with Crippen LogP contribution < -0.4 is 16.4 Å². The fraction of sp³-hybridized carbons (Fsp3) is 0.333. The third-order valence-electron chi connectivity index (χ3n) is 5.22. The van der Waals surface area contributed by atoms with Crippen molar-refractivity contribution in [3.8, 4) is 10.4 Å². The number of nitrogens with two attached hydrogens (primary N) is 1. The van der Waals surface area contributed by atoms with Gasteiger partial charge in [0.25, 0.3) is 5.91 Å². The minimum absolute atomic E-state index is 0.332. The third kappa shape index (κ3) is 3.55. The van der Waals surface area contributed by atoms with E-state index in [2.05, 4.69) is 40.7 Å². The van der Waals surface area contributed by atoms with E-state index in [4.69, 9.17) is 5.73 Å². The number of piperidine rings is 1. The lowest BCUT2D eigenvalue weighted by atomic mass is 9.96. The number of amides is 1. The van der Waals surface area contributed by atoms with Crippen LogP contribution in [0.25, 0.3) is 20.5 Å². The van der Waals surface area contributed by atoms with Crippen LogP contribution in [0.3, 0.4) is 0 Å². The zero-order valence-electron chi connectivity index (χ0n) is 15.4. The van der Waals surface area contributed by atoms with Gasteiger partial charge in [-0.1, -0.05) is 37.3 Å². The number of nitrogens with zero attached hydrogens (tertiary/aromatic N) is 1. The molecular formula is C21H24N4OS. The van der Waals surface area contributed by atoms with Crippen molar-refractivity contribution in [2.24, 2.45) is 5.73 Å². The molecule has 0 aliphatic carbocycles. The van der Waals surface area contributed by atoms with E-state index < -0.39 is 5.91 Å². The number of primary amides is 1. The molecule has 1 aliphatic heterocycles. The summed E-state index contributed by atoms with van der Waals surface area (Å²) in [5.74, 6) is 0.395. The van der Waals surface area contributed by atoms with Gasteiger partial charge in [0.1, 0.15) is 5.82 Å². The Bertz CT molecular complexity index is 953. The van der Waals surface area contributed by atoms with Crippen LogP contribution in [0.2, 0.25) is 0 Å². The van der Waals surface area contributed by atoms with Gasteiger partial charge in [0, 0.05) is 28.5 Å². The van der Waals surface area contributed by atoms with Crippen molar-refractivity contribution in [2.75, 3.05) is 11.9 Å². The molecular weight excluding hydrogens is 356 g/mol. The van der Waals surface area contributed by atoms with Crippen LogP contribution in [0.15, 0.2) is 42.6 Å². The van der Waals surface area contributed by atoms with Crippen LogP contribution in [-0.4, -0.2) is 29.5 Å². The molecule has 2 unspecified atom stereocenters. The second-order valence-corrected chi connectivity index (χ2v) is 8.02. The summed E-state index contributed by atoms with van der Waals surface area (Å²) in [7, 11) is 0. The zero-order chi connectivity index (χ0) is 18.8. The SMILES string of the molecule is CCC1NCCCC1Nc1ncc(C(N)=O)c2sc(-c3ccccc3)cc12. The van der Waals surface area contributed by atoms with E-state index in [0.717, 1.165) is 52.2 Å². The summed E-state index contributed by atoms with van der Waals surface area (Å²) < 4.78 is 0.899. The average molecular weight is 381 g/mol. The van der Waals surface area contributed by atoms with Gasteiger partial charge in [-0.2, -0.15) is 0 Å². The Balaban J connectivity index is 1.78. The number of hydrogen-bond acceptors (Lipinski definition) is 5. The number of rotatable bonds is 5. The van der Waals surface area contributed by atoms with Crippen molar-refractivity contribution < 1.29 is 4.79 Å². The van der Waals surface area contributed by atoms with Crippen LogP contribution in [0.1, 0.15) is 36.5 Å². The molecule has 2 atom stereocenters. The number of anilines is 1. The van der Waals surface area contributed by atoms with E-state index in [0.29, 0.717) is 17.6 Å². The van der Waals surface area contributed by atoms with Crippen LogP contribution >= 0.6 is 11.3 Å². The summed E-state index contributed by atoms with van der Waals surface area (Å²) in [5.41, 5.74) is 7.22. The summed E-state index contributed by atoms with van der Waals surface area (Å²) in [5, 5.41) is 8.19. The number of fused-ring (bicyclic) bond motifs is 1. The second kappa shape index (κ2) is 7.66. The van der Waals surface area contributed by atoms with Gasteiger partial charge < -0.3 is 16.4 Å². The van der Waals surface area contributed by atoms with E-state index in [1.807, 2.05) is 18.2 Å². The van der Waals surface area contributed by atoms with Crippen molar-refractivity contribution in [2.45, 2.75) is 38.3 Å². The molecule has 0 bridgehead atoms. The first-order valence-corrected chi connectivity index (χ1v) is 10.3. The van der Waals surface area contributed by atoms with Gasteiger partial charge in [-0.15, -0.1) is 11.3 Å². The minimum Gasteiger partial charge on any atom is -0.366 e. The lowest BCUT2D eigenvalue weighted by Gasteiger charge is -2.33. The predicted octanol–water partition coefficient (Wildman–Crippen LogP) is 4.00. The van der Waals surface area contributed by atoms with E-state index in [1.54, 1.807) is 17.5 Å².